The molecule has 0 saturated heterocycles. The number of amides is 3. The van der Waals surface area contributed by atoms with Gasteiger partial charge in [0.2, 0.25) is 29.4 Å². The van der Waals surface area contributed by atoms with Crippen molar-refractivity contribution in [1.29, 1.82) is 0 Å². The Hall–Kier alpha value is -4.49. The van der Waals surface area contributed by atoms with Crippen molar-refractivity contribution in [3.05, 3.63) is 58.9 Å². The van der Waals surface area contributed by atoms with Crippen molar-refractivity contribution in [2.45, 2.75) is 77.2 Å². The van der Waals surface area contributed by atoms with Gasteiger partial charge in [0.1, 0.15) is 23.2 Å². The highest BCUT2D eigenvalue weighted by Crippen LogP contribution is 2.37. The van der Waals surface area contributed by atoms with Crippen LogP contribution in [0.15, 0.2) is 41.4 Å². The molecule has 0 saturated carbocycles. The SMILES string of the molecule is CCCC(=O)c1ccnc(C(OC)(OCC)C(C)F)c1S(=O)(=O)NC(=O)Nc1nc(OC)cc(OC)n1.CCc1cccc(CC)c1N(COC)C(=O)CCl. The third-order valence-corrected chi connectivity index (χ3v) is 9.56. The number of carbonyl (C=O) groups excluding carboxylic acids is 3. The van der Waals surface area contributed by atoms with E-state index in [2.05, 4.69) is 34.1 Å². The molecule has 55 heavy (non-hydrogen) atoms. The van der Waals surface area contributed by atoms with Gasteiger partial charge in [-0.3, -0.25) is 24.8 Å². The van der Waals surface area contributed by atoms with Crippen molar-refractivity contribution in [2.75, 3.05) is 57.9 Å². The number of halogens is 2. The van der Waals surface area contributed by atoms with E-state index in [1.54, 1.807) is 30.6 Å². The summed E-state index contributed by atoms with van der Waals surface area (Å²) in [6.45, 7) is 8.67. The van der Waals surface area contributed by atoms with E-state index in [4.69, 9.17) is 35.3 Å². The first kappa shape index (κ1) is 46.7. The second-order valence-electron chi connectivity index (χ2n) is 11.5. The quantitative estimate of drug-likeness (QED) is 0.0868. The minimum Gasteiger partial charge on any atom is -0.481 e. The number of methoxy groups -OCH3 is 4. The zero-order chi connectivity index (χ0) is 41.3. The Bertz CT molecular complexity index is 1830. The number of Topliss-reactive ketones (excluding diaryl/α,β-unsaturated/α-hetero) is 1. The largest absolute Gasteiger partial charge is 0.481 e. The van der Waals surface area contributed by atoms with Gasteiger partial charge in [0, 0.05) is 39.0 Å². The van der Waals surface area contributed by atoms with Gasteiger partial charge in [-0.2, -0.15) is 9.97 Å². The Kier molecular flexibility index (Phi) is 18.8. The molecule has 16 nitrogen and oxygen atoms in total. The molecule has 0 aliphatic heterocycles. The second-order valence-corrected chi connectivity index (χ2v) is 13.4. The normalized spacial score (nSPS) is 12.7. The molecule has 2 aromatic heterocycles. The highest BCUT2D eigenvalue weighted by atomic mass is 35.5. The van der Waals surface area contributed by atoms with E-state index >= 15 is 0 Å². The predicted octanol–water partition coefficient (Wildman–Crippen LogP) is 5.56. The van der Waals surface area contributed by atoms with Gasteiger partial charge in [0.05, 0.1) is 26.0 Å². The number of pyridine rings is 1. The van der Waals surface area contributed by atoms with Crippen molar-refractivity contribution >= 4 is 51.0 Å². The first-order chi connectivity index (χ1) is 26.2. The number of hydrogen-bond donors (Lipinski definition) is 2. The number of nitrogens with zero attached hydrogens (tertiary/aromatic N) is 4. The van der Waals surface area contributed by atoms with Gasteiger partial charge in [0.15, 0.2) is 12.0 Å². The summed E-state index contributed by atoms with van der Waals surface area (Å²) in [5, 5.41) is 2.16. The summed E-state index contributed by atoms with van der Waals surface area (Å²) in [4.78, 5) is 50.2. The van der Waals surface area contributed by atoms with E-state index in [1.165, 1.54) is 26.4 Å². The molecule has 0 spiro atoms. The van der Waals surface area contributed by atoms with E-state index in [0.717, 1.165) is 49.9 Å². The molecule has 0 bridgehead atoms. The first-order valence-corrected chi connectivity index (χ1v) is 19.3. The molecule has 2 heterocycles. The Morgan fingerprint density at radius 3 is 2.04 bits per heavy atom. The molecule has 0 aliphatic rings. The van der Waals surface area contributed by atoms with Crippen LogP contribution in [0.2, 0.25) is 0 Å². The fourth-order valence-electron chi connectivity index (χ4n) is 5.45. The standard InChI is InChI=1S/C22H30FN5O8S.C14H20ClNO2/c1-7-9-15(29)14-10-11-24-19(22(35-6,13(3)23)36-8-2)18(14)37(31,32)28-21(30)27-20-25-16(33-4)12-17(26-20)34-5;1-4-11-7-6-8-12(5-2)14(11)16(10-18-3)13(17)9-15/h10-13H,7-9H2,1-6H3,(H2,25,26,27,28,30);6-8H,4-5,9-10H2,1-3H3. The van der Waals surface area contributed by atoms with Crippen LogP contribution < -0.4 is 24.4 Å². The zero-order valence-electron chi connectivity index (χ0n) is 32.5. The summed E-state index contributed by atoms with van der Waals surface area (Å²) in [7, 11) is 0.458. The van der Waals surface area contributed by atoms with Crippen molar-refractivity contribution in [1.82, 2.24) is 19.7 Å². The smallest absolute Gasteiger partial charge is 0.335 e. The van der Waals surface area contributed by atoms with E-state index in [0.29, 0.717) is 6.42 Å². The fraction of sp³-hybridized carbons (Fsp3) is 0.500. The number of aromatic nitrogens is 3. The number of nitrogens with one attached hydrogen (secondary N) is 2. The summed E-state index contributed by atoms with van der Waals surface area (Å²) < 4.78 is 69.7. The average Bonchev–Trinajstić information content (AvgIpc) is 3.17. The van der Waals surface area contributed by atoms with Crippen LogP contribution in [0.3, 0.4) is 0 Å². The Morgan fingerprint density at radius 2 is 1.58 bits per heavy atom. The van der Waals surface area contributed by atoms with Crippen LogP contribution in [0.25, 0.3) is 0 Å². The molecule has 3 rings (SSSR count). The van der Waals surface area contributed by atoms with Gasteiger partial charge < -0.3 is 23.7 Å². The third-order valence-electron chi connectivity index (χ3n) is 7.92. The number of ether oxygens (including phenoxy) is 5. The lowest BCUT2D eigenvalue weighted by Gasteiger charge is -2.34. The molecule has 0 fully saturated rings. The molecule has 2 atom stereocenters. The molecule has 0 aliphatic carbocycles. The van der Waals surface area contributed by atoms with Gasteiger partial charge in [-0.1, -0.05) is 39.0 Å². The van der Waals surface area contributed by atoms with E-state index in [9.17, 15) is 27.2 Å². The summed E-state index contributed by atoms with van der Waals surface area (Å²) in [5.41, 5.74) is 2.39. The number of hydrogen-bond acceptors (Lipinski definition) is 13. The number of rotatable bonds is 19. The van der Waals surface area contributed by atoms with Gasteiger partial charge in [0.25, 0.3) is 10.0 Å². The Balaban J connectivity index is 0.000000485. The maximum atomic E-state index is 14.9. The Morgan fingerprint density at radius 1 is 0.982 bits per heavy atom. The van der Waals surface area contributed by atoms with Gasteiger partial charge in [-0.25, -0.2) is 22.3 Å². The van der Waals surface area contributed by atoms with E-state index in [1.807, 2.05) is 18.2 Å². The molecule has 19 heteroatoms. The maximum absolute atomic E-state index is 14.9. The summed E-state index contributed by atoms with van der Waals surface area (Å²) in [5.74, 6) is -3.30. The van der Waals surface area contributed by atoms with Crippen LogP contribution in [0.1, 0.15) is 74.6 Å². The van der Waals surface area contributed by atoms with Gasteiger partial charge >= 0.3 is 6.03 Å². The highest BCUT2D eigenvalue weighted by Gasteiger charge is 2.47. The lowest BCUT2D eigenvalue weighted by atomic mass is 10.0. The van der Waals surface area contributed by atoms with Crippen LogP contribution >= 0.6 is 11.6 Å². The van der Waals surface area contributed by atoms with Crippen LogP contribution in [-0.2, 0) is 47.7 Å². The molecular weight excluding hydrogens is 763 g/mol. The second kappa shape index (κ2) is 22.2. The number of benzene rings is 1. The molecule has 2 N–H and O–H groups in total. The summed E-state index contributed by atoms with van der Waals surface area (Å²) in [6.07, 6.45) is 1.34. The third kappa shape index (κ3) is 11.8. The van der Waals surface area contributed by atoms with E-state index in [-0.39, 0.29) is 54.8 Å². The molecular formula is C36H50ClFN6O10S. The first-order valence-electron chi connectivity index (χ1n) is 17.3. The number of carbonyl (C=O) groups is 3. The summed E-state index contributed by atoms with van der Waals surface area (Å²) >= 11 is 5.68. The van der Waals surface area contributed by atoms with Crippen molar-refractivity contribution < 1.29 is 50.9 Å². The lowest BCUT2D eigenvalue weighted by Crippen LogP contribution is -2.44. The molecule has 3 amide bonds. The highest BCUT2D eigenvalue weighted by molar-refractivity contribution is 7.90. The average molecular weight is 813 g/mol. The number of para-hydroxylation sites is 1. The number of aryl methyl sites for hydroxylation is 2. The molecule has 304 valence electrons. The minimum absolute atomic E-state index is 0.0184. The van der Waals surface area contributed by atoms with Gasteiger partial charge in [-0.15, -0.1) is 11.6 Å². The summed E-state index contributed by atoms with van der Waals surface area (Å²) in [6, 6.07) is 7.32. The minimum atomic E-state index is -4.87. The number of anilines is 2. The number of sulfonamides is 1. The van der Waals surface area contributed by atoms with Crippen LogP contribution in [0.4, 0.5) is 20.8 Å². The topological polar surface area (TPSA) is 197 Å². The van der Waals surface area contributed by atoms with Crippen molar-refractivity contribution in [3.8, 4) is 11.8 Å². The maximum Gasteiger partial charge on any atom is 0.335 e. The molecule has 2 unspecified atom stereocenters. The van der Waals surface area contributed by atoms with Crippen molar-refractivity contribution in [3.63, 3.8) is 0 Å². The molecule has 1 aromatic carbocycles. The molecule has 3 aromatic rings. The Labute approximate surface area is 326 Å². The van der Waals surface area contributed by atoms with Crippen LogP contribution in [0.5, 0.6) is 11.8 Å². The van der Waals surface area contributed by atoms with E-state index < -0.39 is 44.4 Å². The monoisotopic (exact) mass is 812 g/mol. The van der Waals surface area contributed by atoms with Crippen molar-refractivity contribution in [2.24, 2.45) is 0 Å². The zero-order valence-corrected chi connectivity index (χ0v) is 34.1. The van der Waals surface area contributed by atoms with Crippen LogP contribution in [0, 0.1) is 0 Å². The fourth-order valence-corrected chi connectivity index (χ4v) is 6.91. The predicted molar refractivity (Wildman–Crippen MR) is 204 cm³/mol. The number of ketones is 1. The van der Waals surface area contributed by atoms with Gasteiger partial charge in [-0.05, 0) is 50.3 Å². The lowest BCUT2D eigenvalue weighted by molar-refractivity contribution is -0.265. The number of alkyl halides is 2. The van der Waals surface area contributed by atoms with Crippen LogP contribution in [-0.4, -0.2) is 94.9 Å². The number of urea groups is 1. The molecule has 0 radical (unpaired) electrons.